The number of aliphatic hydroxyl groups is 1. The highest BCUT2D eigenvalue weighted by molar-refractivity contribution is 7.98. The molecule has 0 aliphatic heterocycles. The highest BCUT2D eigenvalue weighted by atomic mass is 32.2. The van der Waals surface area contributed by atoms with E-state index >= 15 is 0 Å². The van der Waals surface area contributed by atoms with Crippen molar-refractivity contribution >= 4 is 11.8 Å². The third-order valence-electron chi connectivity index (χ3n) is 3.28. The first-order valence-corrected chi connectivity index (χ1v) is 8.14. The fourth-order valence-corrected chi connectivity index (χ4v) is 2.74. The summed E-state index contributed by atoms with van der Waals surface area (Å²) >= 11 is 1.50. The lowest BCUT2D eigenvalue weighted by Crippen LogP contribution is -2.17. The number of thioether (sulfide) groups is 1. The van der Waals surface area contributed by atoms with Gasteiger partial charge in [0.1, 0.15) is 5.75 Å². The molecule has 1 aromatic carbocycles. The first-order chi connectivity index (χ1) is 8.93. The molecule has 0 fully saturated rings. The normalized spacial score (nSPS) is 14.4. The average molecular weight is 296 g/mol. The number of aliphatic hydroxyl groups excluding tert-OH is 1. The maximum absolute atomic E-state index is 10.6. The zero-order valence-electron chi connectivity index (χ0n) is 13.7. The van der Waals surface area contributed by atoms with Crippen LogP contribution in [0.2, 0.25) is 0 Å². The van der Waals surface area contributed by atoms with Crippen molar-refractivity contribution in [1.82, 2.24) is 0 Å². The van der Waals surface area contributed by atoms with Crippen molar-refractivity contribution in [2.45, 2.75) is 70.5 Å². The first kappa shape index (κ1) is 17.4. The molecule has 0 bridgehead atoms. The Kier molecular flexibility index (Phi) is 5.20. The Morgan fingerprint density at radius 1 is 1.00 bits per heavy atom. The van der Waals surface area contributed by atoms with E-state index in [1.54, 1.807) is 6.92 Å². The molecule has 1 atom stereocenters. The van der Waals surface area contributed by atoms with Crippen LogP contribution >= 0.6 is 11.8 Å². The SMILES string of the molecule is CC(O)SCc1cc(C(C)(C)C)c(O)c(C(C)(C)C)c1. The van der Waals surface area contributed by atoms with Crippen LogP contribution in [0.4, 0.5) is 0 Å². The van der Waals surface area contributed by atoms with Gasteiger partial charge in [0.2, 0.25) is 0 Å². The van der Waals surface area contributed by atoms with Gasteiger partial charge < -0.3 is 10.2 Å². The third kappa shape index (κ3) is 4.42. The minimum Gasteiger partial charge on any atom is -0.507 e. The zero-order chi connectivity index (χ0) is 15.7. The molecular formula is C17H28O2S. The van der Waals surface area contributed by atoms with E-state index in [-0.39, 0.29) is 16.3 Å². The van der Waals surface area contributed by atoms with Crippen molar-refractivity contribution in [3.8, 4) is 5.75 Å². The lowest BCUT2D eigenvalue weighted by atomic mass is 9.78. The van der Waals surface area contributed by atoms with Gasteiger partial charge in [-0.3, -0.25) is 0 Å². The zero-order valence-corrected chi connectivity index (χ0v) is 14.6. The molecule has 20 heavy (non-hydrogen) atoms. The molecule has 2 N–H and O–H groups in total. The van der Waals surface area contributed by atoms with E-state index in [2.05, 4.69) is 53.7 Å². The number of hydrogen-bond donors (Lipinski definition) is 2. The fourth-order valence-electron chi connectivity index (χ4n) is 2.14. The van der Waals surface area contributed by atoms with Crippen LogP contribution in [0.5, 0.6) is 5.75 Å². The Balaban J connectivity index is 3.35. The summed E-state index contributed by atoms with van der Waals surface area (Å²) in [4.78, 5) is 0. The molecule has 0 aromatic heterocycles. The standard InChI is InChI=1S/C17H28O2S/c1-11(18)20-10-12-8-13(16(2,3)4)15(19)14(9-12)17(5,6)7/h8-9,11,18-19H,10H2,1-7H3. The maximum atomic E-state index is 10.6. The Morgan fingerprint density at radius 3 is 1.70 bits per heavy atom. The highest BCUT2D eigenvalue weighted by Gasteiger charge is 2.26. The van der Waals surface area contributed by atoms with Crippen LogP contribution in [-0.2, 0) is 16.6 Å². The Hall–Kier alpha value is -0.670. The molecule has 3 heteroatoms. The predicted molar refractivity (Wildman–Crippen MR) is 88.5 cm³/mol. The fraction of sp³-hybridized carbons (Fsp3) is 0.647. The number of aromatic hydroxyl groups is 1. The van der Waals surface area contributed by atoms with Crippen molar-refractivity contribution in [2.75, 3.05) is 0 Å². The largest absolute Gasteiger partial charge is 0.507 e. The molecule has 0 aliphatic rings. The second-order valence-electron chi connectivity index (χ2n) is 7.45. The highest BCUT2D eigenvalue weighted by Crippen LogP contribution is 2.40. The van der Waals surface area contributed by atoms with Crippen LogP contribution in [0.25, 0.3) is 0 Å². The van der Waals surface area contributed by atoms with Crippen LogP contribution in [-0.4, -0.2) is 15.6 Å². The minimum absolute atomic E-state index is 0.102. The molecule has 0 amide bonds. The van der Waals surface area contributed by atoms with Crippen molar-refractivity contribution in [3.05, 3.63) is 28.8 Å². The van der Waals surface area contributed by atoms with Crippen molar-refractivity contribution < 1.29 is 10.2 Å². The number of benzene rings is 1. The van der Waals surface area contributed by atoms with Gasteiger partial charge in [0, 0.05) is 5.75 Å². The monoisotopic (exact) mass is 296 g/mol. The van der Waals surface area contributed by atoms with E-state index in [4.69, 9.17) is 0 Å². The van der Waals surface area contributed by atoms with E-state index < -0.39 is 0 Å². The van der Waals surface area contributed by atoms with Crippen LogP contribution in [0.1, 0.15) is 65.2 Å². The second kappa shape index (κ2) is 5.98. The van der Waals surface area contributed by atoms with E-state index in [0.29, 0.717) is 5.75 Å². The average Bonchev–Trinajstić information content (AvgIpc) is 2.24. The first-order valence-electron chi connectivity index (χ1n) is 7.09. The van der Waals surface area contributed by atoms with Gasteiger partial charge in [0.15, 0.2) is 0 Å². The summed E-state index contributed by atoms with van der Waals surface area (Å²) in [6.07, 6.45) is 0. The molecule has 2 nitrogen and oxygen atoms in total. The van der Waals surface area contributed by atoms with Gasteiger partial charge in [-0.25, -0.2) is 0 Å². The second-order valence-corrected chi connectivity index (χ2v) is 8.75. The van der Waals surface area contributed by atoms with Crippen molar-refractivity contribution in [3.63, 3.8) is 0 Å². The molecule has 1 unspecified atom stereocenters. The topological polar surface area (TPSA) is 40.5 Å². The van der Waals surface area contributed by atoms with Gasteiger partial charge in [0.05, 0.1) is 5.44 Å². The summed E-state index contributed by atoms with van der Waals surface area (Å²) < 4.78 is 0. The summed E-state index contributed by atoms with van der Waals surface area (Å²) in [6, 6.07) is 4.14. The van der Waals surface area contributed by atoms with Crippen LogP contribution in [0.15, 0.2) is 12.1 Å². The molecule has 0 spiro atoms. The Morgan fingerprint density at radius 2 is 1.40 bits per heavy atom. The molecule has 0 saturated carbocycles. The molecule has 0 saturated heterocycles. The summed E-state index contributed by atoms with van der Waals surface area (Å²) in [5, 5.41) is 20.0. The van der Waals surface area contributed by atoms with Gasteiger partial charge in [-0.15, -0.1) is 11.8 Å². The Labute approximate surface area is 127 Å². The van der Waals surface area contributed by atoms with E-state index in [0.717, 1.165) is 22.4 Å². The molecular weight excluding hydrogens is 268 g/mol. The lowest BCUT2D eigenvalue weighted by Gasteiger charge is -2.28. The van der Waals surface area contributed by atoms with E-state index in [1.165, 1.54) is 11.8 Å². The lowest BCUT2D eigenvalue weighted by molar-refractivity contribution is 0.284. The van der Waals surface area contributed by atoms with Gasteiger partial charge >= 0.3 is 0 Å². The Bertz CT molecular complexity index is 430. The number of phenols is 1. The molecule has 0 radical (unpaired) electrons. The summed E-state index contributed by atoms with van der Waals surface area (Å²) in [7, 11) is 0. The van der Waals surface area contributed by atoms with Crippen LogP contribution in [0.3, 0.4) is 0 Å². The van der Waals surface area contributed by atoms with Crippen molar-refractivity contribution in [1.29, 1.82) is 0 Å². The van der Waals surface area contributed by atoms with Crippen molar-refractivity contribution in [2.24, 2.45) is 0 Å². The quantitative estimate of drug-likeness (QED) is 0.803. The van der Waals surface area contributed by atoms with Gasteiger partial charge in [-0.05, 0) is 34.4 Å². The van der Waals surface area contributed by atoms with Crippen LogP contribution in [0, 0.1) is 0 Å². The molecule has 1 aromatic rings. The molecule has 0 heterocycles. The minimum atomic E-state index is -0.375. The van der Waals surface area contributed by atoms with Crippen LogP contribution < -0.4 is 0 Å². The van der Waals surface area contributed by atoms with Gasteiger partial charge in [-0.2, -0.15) is 0 Å². The summed E-state index contributed by atoms with van der Waals surface area (Å²) in [5.41, 5.74) is 2.53. The van der Waals surface area contributed by atoms with Gasteiger partial charge in [-0.1, -0.05) is 53.7 Å². The predicted octanol–water partition coefficient (Wildman–Crippen LogP) is 4.56. The summed E-state index contributed by atoms with van der Waals surface area (Å²) in [5.74, 6) is 1.17. The maximum Gasteiger partial charge on any atom is 0.123 e. The van der Waals surface area contributed by atoms with E-state index in [9.17, 15) is 10.2 Å². The third-order valence-corrected chi connectivity index (χ3v) is 4.26. The van der Waals surface area contributed by atoms with E-state index in [1.807, 2.05) is 0 Å². The smallest absolute Gasteiger partial charge is 0.123 e. The summed E-state index contributed by atoms with van der Waals surface area (Å²) in [6.45, 7) is 14.4. The number of hydrogen-bond acceptors (Lipinski definition) is 3. The number of rotatable bonds is 3. The molecule has 1 rings (SSSR count). The van der Waals surface area contributed by atoms with Gasteiger partial charge in [0.25, 0.3) is 0 Å². The molecule has 0 aliphatic carbocycles. The number of phenolic OH excluding ortho intramolecular Hbond substituents is 1. The molecule has 114 valence electrons.